The lowest BCUT2D eigenvalue weighted by molar-refractivity contribution is -0.167. The number of aromatic nitrogens is 2. The van der Waals surface area contributed by atoms with Crippen LogP contribution in [-0.2, 0) is 33.9 Å². The van der Waals surface area contributed by atoms with Crippen LogP contribution in [0.4, 0.5) is 32.0 Å². The van der Waals surface area contributed by atoms with Gasteiger partial charge in [0.05, 0.1) is 47.6 Å². The number of fused-ring (bicyclic) bond motifs is 1. The Morgan fingerprint density at radius 2 is 1.84 bits per heavy atom. The van der Waals surface area contributed by atoms with E-state index in [2.05, 4.69) is 10.3 Å². The first-order chi connectivity index (χ1) is 23.4. The molecule has 1 N–H and O–H groups in total. The Morgan fingerprint density at radius 3 is 2.48 bits per heavy atom. The maximum Gasteiger partial charge on any atom is 0.417 e. The SMILES string of the molecule is COC(=O)[C@H](Cc1ccc(-c2c(C(F)(F)F)cc(C)n(C)c2=O)c2ncccc12)NC(=O)c1c(C)cc(N2CCOC[C@@H]2C(F)(F)F)cc1Cl. The molecule has 1 saturated heterocycles. The van der Waals surface area contributed by atoms with Crippen molar-refractivity contribution in [1.82, 2.24) is 14.9 Å². The predicted octanol–water partition coefficient (Wildman–Crippen LogP) is 6.17. The molecule has 5 rings (SSSR count). The smallest absolute Gasteiger partial charge is 0.417 e. The zero-order valence-electron chi connectivity index (χ0n) is 27.1. The van der Waals surface area contributed by atoms with Gasteiger partial charge in [0.2, 0.25) is 0 Å². The molecule has 16 heteroatoms. The van der Waals surface area contributed by atoms with Crippen molar-refractivity contribution in [2.45, 2.75) is 44.7 Å². The molecule has 0 saturated carbocycles. The van der Waals surface area contributed by atoms with Crippen molar-refractivity contribution in [2.75, 3.05) is 31.8 Å². The number of alkyl halides is 6. The number of benzene rings is 2. The number of morpholine rings is 1. The molecule has 3 heterocycles. The van der Waals surface area contributed by atoms with E-state index in [1.54, 1.807) is 6.07 Å². The molecule has 0 unspecified atom stereocenters. The molecule has 0 radical (unpaired) electrons. The molecule has 0 bridgehead atoms. The number of esters is 1. The van der Waals surface area contributed by atoms with Crippen LogP contribution in [0.25, 0.3) is 22.0 Å². The number of anilines is 1. The second kappa shape index (κ2) is 13.9. The number of halogens is 7. The zero-order chi connectivity index (χ0) is 36.7. The highest BCUT2D eigenvalue weighted by Gasteiger charge is 2.46. The van der Waals surface area contributed by atoms with Gasteiger partial charge >= 0.3 is 18.3 Å². The monoisotopic (exact) mass is 724 g/mol. The van der Waals surface area contributed by atoms with Gasteiger partial charge in [-0.2, -0.15) is 26.3 Å². The number of aryl methyl sites for hydroxylation is 2. The fraction of sp³-hybridized carbons (Fsp3) is 0.353. The summed E-state index contributed by atoms with van der Waals surface area (Å²) >= 11 is 6.47. The lowest BCUT2D eigenvalue weighted by Gasteiger charge is -2.38. The van der Waals surface area contributed by atoms with Gasteiger partial charge < -0.3 is 24.3 Å². The molecule has 9 nitrogen and oxygen atoms in total. The Bertz CT molecular complexity index is 2010. The summed E-state index contributed by atoms with van der Waals surface area (Å²) in [5.74, 6) is -1.68. The molecular weight excluding hydrogens is 694 g/mol. The molecule has 1 aliphatic rings. The Kier molecular flexibility index (Phi) is 10.2. The van der Waals surface area contributed by atoms with Crippen LogP contribution in [0.5, 0.6) is 0 Å². The summed E-state index contributed by atoms with van der Waals surface area (Å²) < 4.78 is 94.7. The maximum absolute atomic E-state index is 14.2. The van der Waals surface area contributed by atoms with Gasteiger partial charge in [-0.1, -0.05) is 29.8 Å². The number of ether oxygens (including phenoxy) is 2. The van der Waals surface area contributed by atoms with Crippen molar-refractivity contribution in [2.24, 2.45) is 7.05 Å². The van der Waals surface area contributed by atoms with Gasteiger partial charge in [0, 0.05) is 48.5 Å². The van der Waals surface area contributed by atoms with E-state index in [0.29, 0.717) is 10.9 Å². The van der Waals surface area contributed by atoms with E-state index in [1.807, 2.05) is 0 Å². The number of pyridine rings is 2. The molecule has 1 aliphatic heterocycles. The highest BCUT2D eigenvalue weighted by molar-refractivity contribution is 6.34. The zero-order valence-corrected chi connectivity index (χ0v) is 27.9. The molecular formula is C34H31ClF6N4O5. The number of nitrogens with one attached hydrogen (secondary N) is 1. The first-order valence-electron chi connectivity index (χ1n) is 15.2. The summed E-state index contributed by atoms with van der Waals surface area (Å²) in [4.78, 5) is 45.2. The van der Waals surface area contributed by atoms with Crippen molar-refractivity contribution in [3.63, 3.8) is 0 Å². The maximum atomic E-state index is 14.2. The van der Waals surface area contributed by atoms with Crippen LogP contribution in [0.1, 0.15) is 32.7 Å². The minimum Gasteiger partial charge on any atom is -0.467 e. The van der Waals surface area contributed by atoms with Crippen LogP contribution in [-0.4, -0.2) is 66.6 Å². The first-order valence-corrected chi connectivity index (χ1v) is 15.6. The number of rotatable bonds is 7. The molecule has 2 atom stereocenters. The third-order valence-electron chi connectivity index (χ3n) is 8.66. The molecule has 266 valence electrons. The highest BCUT2D eigenvalue weighted by Crippen LogP contribution is 2.39. The summed E-state index contributed by atoms with van der Waals surface area (Å²) in [6.07, 6.45) is -8.30. The Morgan fingerprint density at radius 1 is 1.12 bits per heavy atom. The Labute approximate surface area is 286 Å². The molecule has 0 spiro atoms. The molecule has 2 aromatic carbocycles. The highest BCUT2D eigenvalue weighted by atomic mass is 35.5. The fourth-order valence-corrected chi connectivity index (χ4v) is 6.41. The summed E-state index contributed by atoms with van der Waals surface area (Å²) in [7, 11) is 2.46. The molecule has 4 aromatic rings. The van der Waals surface area contributed by atoms with Gasteiger partial charge in [-0.05, 0) is 49.2 Å². The fourth-order valence-electron chi connectivity index (χ4n) is 6.07. The minimum absolute atomic E-state index is 0.0566. The molecule has 0 aliphatic carbocycles. The number of carbonyl (C=O) groups is 2. The van der Waals surface area contributed by atoms with Crippen molar-refractivity contribution >= 4 is 40.1 Å². The Hall–Kier alpha value is -4.63. The molecule has 1 fully saturated rings. The summed E-state index contributed by atoms with van der Waals surface area (Å²) in [6, 6.07) is 6.09. The van der Waals surface area contributed by atoms with Crippen LogP contribution in [0.2, 0.25) is 5.02 Å². The second-order valence-corrected chi connectivity index (χ2v) is 12.2. The number of carbonyl (C=O) groups excluding carboxylic acids is 2. The van der Waals surface area contributed by atoms with Crippen molar-refractivity contribution < 1.29 is 45.4 Å². The first kappa shape index (κ1) is 36.6. The average Bonchev–Trinajstić information content (AvgIpc) is 3.05. The van der Waals surface area contributed by atoms with Crippen LogP contribution >= 0.6 is 11.6 Å². The van der Waals surface area contributed by atoms with E-state index in [4.69, 9.17) is 21.1 Å². The van der Waals surface area contributed by atoms with Crippen molar-refractivity contribution in [1.29, 1.82) is 0 Å². The standard InChI is InChI=1S/C34H31ClF6N4O5/c1-17-12-20(45-10-11-50-16-26(45)34(39,40)41)15-24(35)27(17)30(46)43-25(32(48)49-4)14-19-7-8-22(29-21(19)6-5-9-42-29)28-23(33(36,37)38)13-18(2)44(3)31(28)47/h5-9,12-13,15,25-26H,10-11,14,16H2,1-4H3,(H,43,46)/t25-,26+/m0/s1. The van der Waals surface area contributed by atoms with E-state index < -0.39 is 59.6 Å². The van der Waals surface area contributed by atoms with Gasteiger partial charge in [0.15, 0.2) is 0 Å². The van der Waals surface area contributed by atoms with Crippen LogP contribution in [0.15, 0.2) is 53.5 Å². The number of hydrogen-bond donors (Lipinski definition) is 1. The van der Waals surface area contributed by atoms with Gasteiger partial charge in [-0.15, -0.1) is 0 Å². The summed E-state index contributed by atoms with van der Waals surface area (Å²) in [5.41, 5.74) is -1.84. The molecule has 1 amide bonds. The number of amides is 1. The van der Waals surface area contributed by atoms with E-state index in [1.165, 1.54) is 57.4 Å². The van der Waals surface area contributed by atoms with Gasteiger partial charge in [-0.3, -0.25) is 14.6 Å². The topological polar surface area (TPSA) is 103 Å². The van der Waals surface area contributed by atoms with E-state index in [9.17, 15) is 40.7 Å². The van der Waals surface area contributed by atoms with Crippen molar-refractivity contribution in [3.8, 4) is 11.1 Å². The number of nitrogens with zero attached hydrogens (tertiary/aromatic N) is 3. The molecule has 50 heavy (non-hydrogen) atoms. The van der Waals surface area contributed by atoms with E-state index in [-0.39, 0.29) is 58.2 Å². The Balaban J connectivity index is 1.50. The average molecular weight is 725 g/mol. The van der Waals surface area contributed by atoms with E-state index >= 15 is 0 Å². The van der Waals surface area contributed by atoms with E-state index in [0.717, 1.165) is 22.6 Å². The lowest BCUT2D eigenvalue weighted by atomic mass is 9.93. The van der Waals surface area contributed by atoms with Crippen LogP contribution in [0, 0.1) is 13.8 Å². The van der Waals surface area contributed by atoms with Crippen LogP contribution in [0.3, 0.4) is 0 Å². The third kappa shape index (κ3) is 7.15. The number of hydrogen-bond acceptors (Lipinski definition) is 7. The van der Waals surface area contributed by atoms with Gasteiger partial charge in [-0.25, -0.2) is 4.79 Å². The van der Waals surface area contributed by atoms with Crippen LogP contribution < -0.4 is 15.8 Å². The normalized spacial score (nSPS) is 16.0. The number of methoxy groups -OCH3 is 1. The lowest BCUT2D eigenvalue weighted by Crippen LogP contribution is -2.53. The predicted molar refractivity (Wildman–Crippen MR) is 173 cm³/mol. The minimum atomic E-state index is -4.85. The summed E-state index contributed by atoms with van der Waals surface area (Å²) in [5, 5.41) is 2.73. The largest absolute Gasteiger partial charge is 0.467 e. The molecule has 2 aromatic heterocycles. The quantitative estimate of drug-likeness (QED) is 0.180. The van der Waals surface area contributed by atoms with Gasteiger partial charge in [0.1, 0.15) is 12.1 Å². The van der Waals surface area contributed by atoms with Crippen molar-refractivity contribution in [3.05, 3.63) is 92.0 Å². The second-order valence-electron chi connectivity index (χ2n) is 11.8. The third-order valence-corrected chi connectivity index (χ3v) is 8.96. The summed E-state index contributed by atoms with van der Waals surface area (Å²) in [6.45, 7) is 2.30. The van der Waals surface area contributed by atoms with Gasteiger partial charge in [0.25, 0.3) is 11.5 Å².